The van der Waals surface area contributed by atoms with Crippen molar-refractivity contribution in [3.05, 3.63) is 35.4 Å². The van der Waals surface area contributed by atoms with Crippen LogP contribution in [0.4, 0.5) is 0 Å². The second-order valence-corrected chi connectivity index (χ2v) is 5.45. The maximum Gasteiger partial charge on any atom is 0.00202 e. The van der Waals surface area contributed by atoms with Crippen LogP contribution in [0, 0.1) is 12.8 Å². The van der Waals surface area contributed by atoms with Crippen LogP contribution in [0.5, 0.6) is 0 Å². The van der Waals surface area contributed by atoms with Crippen molar-refractivity contribution in [1.82, 2.24) is 5.32 Å². The van der Waals surface area contributed by atoms with Gasteiger partial charge in [-0.05, 0) is 37.3 Å². The molecule has 1 heteroatoms. The fourth-order valence-electron chi connectivity index (χ4n) is 2.12. The minimum atomic E-state index is 0.666. The molecule has 0 fully saturated rings. The third-order valence-electron chi connectivity index (χ3n) is 3.13. The largest absolute Gasteiger partial charge is 0.316 e. The molecule has 0 saturated heterocycles. The minimum absolute atomic E-state index is 0.666. The summed E-state index contributed by atoms with van der Waals surface area (Å²) < 4.78 is 0. The van der Waals surface area contributed by atoms with Gasteiger partial charge in [0.05, 0.1) is 0 Å². The van der Waals surface area contributed by atoms with E-state index in [4.69, 9.17) is 0 Å². The number of rotatable bonds is 7. The van der Waals surface area contributed by atoms with Gasteiger partial charge in [-0.15, -0.1) is 0 Å². The first-order valence-electron chi connectivity index (χ1n) is 6.90. The first kappa shape index (κ1) is 14.2. The average molecular weight is 233 g/mol. The predicted molar refractivity (Wildman–Crippen MR) is 76.5 cm³/mol. The van der Waals surface area contributed by atoms with E-state index >= 15 is 0 Å². The fraction of sp³-hybridized carbons (Fsp3) is 0.625. The zero-order chi connectivity index (χ0) is 12.7. The van der Waals surface area contributed by atoms with Crippen LogP contribution in [-0.2, 0) is 0 Å². The Labute approximate surface area is 107 Å². The van der Waals surface area contributed by atoms with E-state index < -0.39 is 0 Å². The van der Waals surface area contributed by atoms with E-state index in [9.17, 15) is 0 Å². The highest BCUT2D eigenvalue weighted by Crippen LogP contribution is 2.21. The summed E-state index contributed by atoms with van der Waals surface area (Å²) in [4.78, 5) is 0. The van der Waals surface area contributed by atoms with E-state index in [1.54, 1.807) is 0 Å². The van der Waals surface area contributed by atoms with E-state index in [0.29, 0.717) is 5.92 Å². The summed E-state index contributed by atoms with van der Waals surface area (Å²) in [5.41, 5.74) is 2.83. The van der Waals surface area contributed by atoms with E-state index in [0.717, 1.165) is 19.0 Å². The van der Waals surface area contributed by atoms with Gasteiger partial charge in [0, 0.05) is 6.54 Å². The molecule has 0 aliphatic carbocycles. The van der Waals surface area contributed by atoms with Crippen molar-refractivity contribution in [1.29, 1.82) is 0 Å². The van der Waals surface area contributed by atoms with Crippen LogP contribution < -0.4 is 5.32 Å². The summed E-state index contributed by atoms with van der Waals surface area (Å²) in [6.45, 7) is 11.2. The van der Waals surface area contributed by atoms with Gasteiger partial charge in [0.15, 0.2) is 0 Å². The van der Waals surface area contributed by atoms with Crippen LogP contribution in [0.1, 0.15) is 50.7 Å². The second kappa shape index (κ2) is 7.50. The van der Waals surface area contributed by atoms with Gasteiger partial charge in [-0.25, -0.2) is 0 Å². The second-order valence-electron chi connectivity index (χ2n) is 5.45. The summed E-state index contributed by atoms with van der Waals surface area (Å²) in [6.07, 6.45) is 2.52. The maximum atomic E-state index is 3.58. The molecule has 1 N–H and O–H groups in total. The molecule has 1 atom stereocenters. The van der Waals surface area contributed by atoms with Crippen molar-refractivity contribution in [2.24, 2.45) is 5.92 Å². The Morgan fingerprint density at radius 1 is 1.06 bits per heavy atom. The summed E-state index contributed by atoms with van der Waals surface area (Å²) in [6, 6.07) is 9.01. The molecule has 1 nitrogen and oxygen atoms in total. The SMILES string of the molecule is CCCC(CNCC(C)C)c1ccc(C)cc1. The van der Waals surface area contributed by atoms with E-state index in [1.807, 2.05) is 0 Å². The fourth-order valence-corrected chi connectivity index (χ4v) is 2.12. The maximum absolute atomic E-state index is 3.58. The average Bonchev–Trinajstić information content (AvgIpc) is 2.29. The molecular weight excluding hydrogens is 206 g/mol. The Bertz CT molecular complexity index is 300. The Morgan fingerprint density at radius 2 is 1.71 bits per heavy atom. The van der Waals surface area contributed by atoms with Crippen molar-refractivity contribution in [3.63, 3.8) is 0 Å². The smallest absolute Gasteiger partial charge is 0.00202 e. The molecule has 1 unspecified atom stereocenters. The molecule has 0 amide bonds. The first-order chi connectivity index (χ1) is 8.13. The normalized spacial score (nSPS) is 13.0. The molecule has 1 aromatic rings. The monoisotopic (exact) mass is 233 g/mol. The van der Waals surface area contributed by atoms with Crippen molar-refractivity contribution in [2.45, 2.75) is 46.5 Å². The highest BCUT2D eigenvalue weighted by molar-refractivity contribution is 5.24. The summed E-state index contributed by atoms with van der Waals surface area (Å²) in [5, 5.41) is 3.58. The molecule has 0 saturated carbocycles. The quantitative estimate of drug-likeness (QED) is 0.747. The van der Waals surface area contributed by atoms with Gasteiger partial charge >= 0.3 is 0 Å². The van der Waals surface area contributed by atoms with Crippen LogP contribution in [0.25, 0.3) is 0 Å². The number of hydrogen-bond acceptors (Lipinski definition) is 1. The lowest BCUT2D eigenvalue weighted by Gasteiger charge is -2.18. The Morgan fingerprint density at radius 3 is 2.24 bits per heavy atom. The molecule has 96 valence electrons. The summed E-state index contributed by atoms with van der Waals surface area (Å²) >= 11 is 0. The van der Waals surface area contributed by atoms with Gasteiger partial charge in [-0.1, -0.05) is 57.0 Å². The third-order valence-corrected chi connectivity index (χ3v) is 3.13. The van der Waals surface area contributed by atoms with Gasteiger partial charge in [0.25, 0.3) is 0 Å². The van der Waals surface area contributed by atoms with Gasteiger partial charge < -0.3 is 5.32 Å². The molecule has 0 aliphatic heterocycles. The van der Waals surface area contributed by atoms with E-state index in [1.165, 1.54) is 24.0 Å². The third kappa shape index (κ3) is 5.36. The van der Waals surface area contributed by atoms with Crippen LogP contribution in [0.2, 0.25) is 0 Å². The summed E-state index contributed by atoms with van der Waals surface area (Å²) in [7, 11) is 0. The standard InChI is InChI=1S/C16H27N/c1-5-6-16(12-17-11-13(2)3)15-9-7-14(4)8-10-15/h7-10,13,16-17H,5-6,11-12H2,1-4H3. The van der Waals surface area contributed by atoms with Crippen molar-refractivity contribution < 1.29 is 0 Å². The van der Waals surface area contributed by atoms with E-state index in [-0.39, 0.29) is 0 Å². The molecule has 1 rings (SSSR count). The van der Waals surface area contributed by atoms with Gasteiger partial charge in [0.1, 0.15) is 0 Å². The zero-order valence-corrected chi connectivity index (χ0v) is 11.8. The molecule has 0 radical (unpaired) electrons. The number of nitrogens with one attached hydrogen (secondary N) is 1. The van der Waals surface area contributed by atoms with Gasteiger partial charge in [0.2, 0.25) is 0 Å². The molecule has 0 bridgehead atoms. The summed E-state index contributed by atoms with van der Waals surface area (Å²) in [5.74, 6) is 1.40. The zero-order valence-electron chi connectivity index (χ0n) is 11.8. The van der Waals surface area contributed by atoms with Crippen LogP contribution in [-0.4, -0.2) is 13.1 Å². The molecule has 1 aromatic carbocycles. The highest BCUT2D eigenvalue weighted by atomic mass is 14.9. The van der Waals surface area contributed by atoms with Crippen molar-refractivity contribution in [3.8, 4) is 0 Å². The first-order valence-corrected chi connectivity index (χ1v) is 6.90. The lowest BCUT2D eigenvalue weighted by molar-refractivity contribution is 0.497. The van der Waals surface area contributed by atoms with E-state index in [2.05, 4.69) is 57.3 Å². The number of aryl methyl sites for hydroxylation is 1. The van der Waals surface area contributed by atoms with Crippen LogP contribution in [0.3, 0.4) is 0 Å². The number of benzene rings is 1. The van der Waals surface area contributed by atoms with Gasteiger partial charge in [-0.2, -0.15) is 0 Å². The van der Waals surface area contributed by atoms with Crippen molar-refractivity contribution >= 4 is 0 Å². The Balaban J connectivity index is 2.55. The topological polar surface area (TPSA) is 12.0 Å². The Hall–Kier alpha value is -0.820. The van der Waals surface area contributed by atoms with Crippen molar-refractivity contribution in [2.75, 3.05) is 13.1 Å². The Kier molecular flexibility index (Phi) is 6.28. The molecule has 17 heavy (non-hydrogen) atoms. The molecule has 0 heterocycles. The molecular formula is C16H27N. The van der Waals surface area contributed by atoms with Crippen LogP contribution in [0.15, 0.2) is 24.3 Å². The number of hydrogen-bond donors (Lipinski definition) is 1. The minimum Gasteiger partial charge on any atom is -0.316 e. The molecule has 0 aromatic heterocycles. The van der Waals surface area contributed by atoms with Gasteiger partial charge in [-0.3, -0.25) is 0 Å². The predicted octanol–water partition coefficient (Wildman–Crippen LogP) is 4.12. The molecule has 0 spiro atoms. The molecule has 0 aliphatic rings. The van der Waals surface area contributed by atoms with Crippen LogP contribution >= 0.6 is 0 Å². The highest BCUT2D eigenvalue weighted by Gasteiger charge is 2.10. The lowest BCUT2D eigenvalue weighted by Crippen LogP contribution is -2.25. The lowest BCUT2D eigenvalue weighted by atomic mass is 9.93.